The van der Waals surface area contributed by atoms with Crippen LogP contribution in [-0.4, -0.2) is 14.3 Å². The number of carbonyl (C=O) groups is 1. The minimum Gasteiger partial charge on any atom is -0.376 e. The van der Waals surface area contributed by atoms with Crippen molar-refractivity contribution in [3.8, 4) is 11.8 Å². The van der Waals surface area contributed by atoms with Gasteiger partial charge in [-0.05, 0) is 61.4 Å². The summed E-state index contributed by atoms with van der Waals surface area (Å²) in [6.45, 7) is 3.59. The molecule has 0 aliphatic carbocycles. The maximum atomic E-state index is 12.6. The molecule has 34 heavy (non-hydrogen) atoms. The molecule has 1 N–H and O–H groups in total. The number of aryl methyl sites for hydroxylation is 2. The zero-order valence-electron chi connectivity index (χ0n) is 17.9. The van der Waals surface area contributed by atoms with Crippen molar-refractivity contribution in [2.24, 2.45) is 0 Å². The molecule has 0 heterocycles. The quantitative estimate of drug-likeness (QED) is 0.218. The summed E-state index contributed by atoms with van der Waals surface area (Å²) in [6, 6.07) is 15.7. The van der Waals surface area contributed by atoms with Gasteiger partial charge in [0.2, 0.25) is 0 Å². The summed E-state index contributed by atoms with van der Waals surface area (Å²) >= 11 is 18.6. The number of nitrogens with one attached hydrogen (secondary N) is 1. The fraction of sp³-hybridized carbons (Fsp3) is 0.0833. The highest BCUT2D eigenvalue weighted by Crippen LogP contribution is 2.37. The van der Waals surface area contributed by atoms with Gasteiger partial charge in [0.15, 0.2) is 5.75 Å². The molecule has 6 nitrogen and oxygen atoms in total. The maximum absolute atomic E-state index is 12.6. The van der Waals surface area contributed by atoms with Crippen molar-refractivity contribution < 1.29 is 17.4 Å². The lowest BCUT2D eigenvalue weighted by molar-refractivity contribution is -0.112. The van der Waals surface area contributed by atoms with Gasteiger partial charge in [-0.3, -0.25) is 4.79 Å². The van der Waals surface area contributed by atoms with E-state index in [9.17, 15) is 18.5 Å². The lowest BCUT2D eigenvalue weighted by Crippen LogP contribution is -2.14. The highest BCUT2D eigenvalue weighted by Gasteiger charge is 2.21. The number of carbonyl (C=O) groups excluding carboxylic acids is 1. The zero-order valence-corrected chi connectivity index (χ0v) is 21.0. The largest absolute Gasteiger partial charge is 0.376 e. The number of hydrogen-bond donors (Lipinski definition) is 1. The molecule has 174 valence electrons. The SMILES string of the molecule is Cc1ccc(S(=O)(=O)Oc2c(Cl)cc(/C=C(\C#N)C(=O)Nc3c(C)cccc3Cl)cc2Cl)cc1. The number of amides is 1. The molecule has 0 saturated heterocycles. The summed E-state index contributed by atoms with van der Waals surface area (Å²) in [7, 11) is -4.19. The van der Waals surface area contributed by atoms with Crippen LogP contribution in [0.3, 0.4) is 0 Å². The number of rotatable bonds is 6. The second-order valence-electron chi connectivity index (χ2n) is 7.22. The first-order valence-corrected chi connectivity index (χ1v) is 12.2. The molecular weight excluding hydrogens is 519 g/mol. The first-order chi connectivity index (χ1) is 16.0. The summed E-state index contributed by atoms with van der Waals surface area (Å²) in [5.74, 6) is -0.955. The van der Waals surface area contributed by atoms with Gasteiger partial charge in [-0.2, -0.15) is 13.7 Å². The van der Waals surface area contributed by atoms with Gasteiger partial charge in [0.25, 0.3) is 5.91 Å². The fourth-order valence-electron chi connectivity index (χ4n) is 2.89. The van der Waals surface area contributed by atoms with E-state index in [4.69, 9.17) is 39.0 Å². The van der Waals surface area contributed by atoms with E-state index < -0.39 is 16.0 Å². The van der Waals surface area contributed by atoms with Crippen LogP contribution in [-0.2, 0) is 14.9 Å². The number of anilines is 1. The molecule has 3 rings (SSSR count). The van der Waals surface area contributed by atoms with Crippen molar-refractivity contribution in [3.05, 3.63) is 91.9 Å². The van der Waals surface area contributed by atoms with Crippen LogP contribution in [0.2, 0.25) is 15.1 Å². The van der Waals surface area contributed by atoms with E-state index in [1.165, 1.54) is 30.3 Å². The molecule has 3 aromatic rings. The second-order valence-corrected chi connectivity index (χ2v) is 9.99. The highest BCUT2D eigenvalue weighted by atomic mass is 35.5. The Bertz CT molecular complexity index is 1400. The molecule has 0 saturated carbocycles. The number of hydrogen-bond acceptors (Lipinski definition) is 5. The molecule has 1 amide bonds. The third-order valence-electron chi connectivity index (χ3n) is 4.66. The Kier molecular flexibility index (Phi) is 7.90. The van der Waals surface area contributed by atoms with E-state index in [-0.39, 0.29) is 31.8 Å². The molecule has 0 radical (unpaired) electrons. The Morgan fingerprint density at radius 3 is 2.18 bits per heavy atom. The van der Waals surface area contributed by atoms with Crippen LogP contribution < -0.4 is 9.50 Å². The van der Waals surface area contributed by atoms with Crippen molar-refractivity contribution in [2.45, 2.75) is 18.7 Å². The summed E-state index contributed by atoms with van der Waals surface area (Å²) in [5.41, 5.74) is 2.04. The predicted molar refractivity (Wildman–Crippen MR) is 134 cm³/mol. The first kappa shape index (κ1) is 25.6. The molecule has 0 aliphatic rings. The summed E-state index contributed by atoms with van der Waals surface area (Å²) < 4.78 is 30.3. The molecular formula is C24H17Cl3N2O4S. The normalized spacial score (nSPS) is 11.6. The zero-order chi connectivity index (χ0) is 25.0. The van der Waals surface area contributed by atoms with E-state index in [1.807, 2.05) is 13.0 Å². The number of halogens is 3. The van der Waals surface area contributed by atoms with Gasteiger partial charge in [0, 0.05) is 0 Å². The van der Waals surface area contributed by atoms with Crippen molar-refractivity contribution in [2.75, 3.05) is 5.32 Å². The monoisotopic (exact) mass is 534 g/mol. The van der Waals surface area contributed by atoms with Crippen LogP contribution in [0.1, 0.15) is 16.7 Å². The van der Waals surface area contributed by atoms with E-state index >= 15 is 0 Å². The lowest BCUT2D eigenvalue weighted by atomic mass is 10.1. The highest BCUT2D eigenvalue weighted by molar-refractivity contribution is 7.87. The smallest absolute Gasteiger partial charge is 0.339 e. The van der Waals surface area contributed by atoms with Crippen molar-refractivity contribution in [3.63, 3.8) is 0 Å². The molecule has 0 bridgehead atoms. The molecule has 0 spiro atoms. The molecule has 0 atom stereocenters. The molecule has 0 fully saturated rings. The van der Waals surface area contributed by atoms with E-state index in [0.29, 0.717) is 10.7 Å². The minimum atomic E-state index is -4.19. The van der Waals surface area contributed by atoms with Gasteiger partial charge in [-0.1, -0.05) is 64.6 Å². The minimum absolute atomic E-state index is 0.0625. The third-order valence-corrected chi connectivity index (χ3v) is 6.77. The number of nitriles is 1. The fourth-order valence-corrected chi connectivity index (χ4v) is 4.80. The first-order valence-electron chi connectivity index (χ1n) is 9.70. The van der Waals surface area contributed by atoms with Crippen LogP contribution in [0.15, 0.2) is 65.1 Å². The molecule has 0 aromatic heterocycles. The summed E-state index contributed by atoms with van der Waals surface area (Å²) in [4.78, 5) is 12.6. The van der Waals surface area contributed by atoms with Gasteiger partial charge in [-0.15, -0.1) is 0 Å². The maximum Gasteiger partial charge on any atom is 0.339 e. The van der Waals surface area contributed by atoms with Gasteiger partial charge in [0.1, 0.15) is 16.5 Å². The lowest BCUT2D eigenvalue weighted by Gasteiger charge is -2.12. The van der Waals surface area contributed by atoms with Crippen molar-refractivity contribution in [1.29, 1.82) is 5.26 Å². The second kappa shape index (κ2) is 10.5. The number of nitrogens with zero attached hydrogens (tertiary/aromatic N) is 1. The van der Waals surface area contributed by atoms with E-state index in [1.54, 1.807) is 37.3 Å². The average Bonchev–Trinajstić information content (AvgIpc) is 2.77. The summed E-state index contributed by atoms with van der Waals surface area (Å²) in [6.07, 6.45) is 1.26. The van der Waals surface area contributed by atoms with Gasteiger partial charge in [-0.25, -0.2) is 0 Å². The van der Waals surface area contributed by atoms with Crippen LogP contribution in [0.25, 0.3) is 6.08 Å². The number of para-hydroxylation sites is 1. The molecule has 3 aromatic carbocycles. The summed E-state index contributed by atoms with van der Waals surface area (Å²) in [5, 5.41) is 12.2. The van der Waals surface area contributed by atoms with Crippen LogP contribution >= 0.6 is 34.8 Å². The van der Waals surface area contributed by atoms with Crippen molar-refractivity contribution in [1.82, 2.24) is 0 Å². The molecule has 0 aliphatic heterocycles. The van der Waals surface area contributed by atoms with Gasteiger partial charge < -0.3 is 9.50 Å². The van der Waals surface area contributed by atoms with Crippen LogP contribution in [0.5, 0.6) is 5.75 Å². The van der Waals surface area contributed by atoms with Gasteiger partial charge in [0.05, 0.1) is 20.8 Å². The van der Waals surface area contributed by atoms with Crippen LogP contribution in [0.4, 0.5) is 5.69 Å². The molecule has 0 unspecified atom stereocenters. The molecule has 10 heteroatoms. The number of benzene rings is 3. The topological polar surface area (TPSA) is 96.3 Å². The Morgan fingerprint density at radius 1 is 1.00 bits per heavy atom. The van der Waals surface area contributed by atoms with Gasteiger partial charge >= 0.3 is 10.1 Å². The van der Waals surface area contributed by atoms with E-state index in [0.717, 1.165) is 11.1 Å². The van der Waals surface area contributed by atoms with Crippen molar-refractivity contribution >= 4 is 62.6 Å². The Balaban J connectivity index is 1.89. The Morgan fingerprint density at radius 2 is 1.62 bits per heavy atom. The Hall–Kier alpha value is -3.02. The van der Waals surface area contributed by atoms with E-state index in [2.05, 4.69) is 5.32 Å². The third kappa shape index (κ3) is 5.91. The van der Waals surface area contributed by atoms with Crippen LogP contribution in [0, 0.1) is 25.2 Å². The standard InChI is InChI=1S/C24H17Cl3N2O4S/c1-14-6-8-18(9-7-14)34(31,32)33-23-20(26)11-16(12-21(23)27)10-17(13-28)24(30)29-22-15(2)4-3-5-19(22)25/h3-12H,1-2H3,(H,29,30)/b17-10+. The Labute approximate surface area is 212 Å². The predicted octanol–water partition coefficient (Wildman–Crippen LogP) is 6.58. The average molecular weight is 536 g/mol.